The number of sulfonamides is 1. The molecule has 1 aliphatic heterocycles. The second-order valence-electron chi connectivity index (χ2n) is 5.60. The van der Waals surface area contributed by atoms with E-state index in [0.29, 0.717) is 25.0 Å². The van der Waals surface area contributed by atoms with Crippen molar-refractivity contribution >= 4 is 10.0 Å². The molecule has 0 amide bonds. The molecule has 0 aromatic carbocycles. The summed E-state index contributed by atoms with van der Waals surface area (Å²) in [5.74, 6) is 0.443. The summed E-state index contributed by atoms with van der Waals surface area (Å²) < 4.78 is 26.0. The summed E-state index contributed by atoms with van der Waals surface area (Å²) in [5.41, 5.74) is 0. The number of hydrogen-bond donors (Lipinski definition) is 1. The van der Waals surface area contributed by atoms with E-state index < -0.39 is 10.0 Å². The number of piperidine rings is 1. The van der Waals surface area contributed by atoms with Crippen LogP contribution in [0.4, 0.5) is 0 Å². The van der Waals surface area contributed by atoms with E-state index in [0.717, 1.165) is 25.8 Å². The Morgan fingerprint density at radius 3 is 2.56 bits per heavy atom. The summed E-state index contributed by atoms with van der Waals surface area (Å²) in [6.45, 7) is 10.2. The molecule has 5 heteroatoms. The van der Waals surface area contributed by atoms with Gasteiger partial charge in [-0.25, -0.2) is 12.7 Å². The van der Waals surface area contributed by atoms with Crippen LogP contribution in [0.2, 0.25) is 0 Å². The molecule has 4 nitrogen and oxygen atoms in total. The molecule has 18 heavy (non-hydrogen) atoms. The highest BCUT2D eigenvalue weighted by Crippen LogP contribution is 2.23. The van der Waals surface area contributed by atoms with E-state index in [4.69, 9.17) is 0 Å². The average Bonchev–Trinajstić information content (AvgIpc) is 2.35. The van der Waals surface area contributed by atoms with Gasteiger partial charge in [-0.15, -0.1) is 0 Å². The van der Waals surface area contributed by atoms with Gasteiger partial charge in [0.15, 0.2) is 0 Å². The fourth-order valence-corrected chi connectivity index (χ4v) is 3.83. The maximum atomic E-state index is 12.2. The topological polar surface area (TPSA) is 49.4 Å². The first-order valence-corrected chi connectivity index (χ1v) is 8.62. The SMILES string of the molecule is CCCNC(C)C1CCCN(S(=O)(=O)C(C)C)C1. The Bertz CT molecular complexity index is 341. The summed E-state index contributed by atoms with van der Waals surface area (Å²) in [6.07, 6.45) is 3.22. The van der Waals surface area contributed by atoms with Crippen LogP contribution in [0.25, 0.3) is 0 Å². The molecular formula is C13H28N2O2S. The summed E-state index contributed by atoms with van der Waals surface area (Å²) in [6, 6.07) is 0.398. The van der Waals surface area contributed by atoms with Crippen LogP contribution in [0.15, 0.2) is 0 Å². The normalized spacial score (nSPS) is 24.4. The van der Waals surface area contributed by atoms with Gasteiger partial charge in [-0.2, -0.15) is 0 Å². The molecule has 1 rings (SSSR count). The first kappa shape index (κ1) is 15.9. The lowest BCUT2D eigenvalue weighted by Gasteiger charge is -2.36. The van der Waals surface area contributed by atoms with E-state index in [9.17, 15) is 8.42 Å². The van der Waals surface area contributed by atoms with Crippen LogP contribution in [-0.2, 0) is 10.0 Å². The molecule has 2 unspecified atom stereocenters. The van der Waals surface area contributed by atoms with Gasteiger partial charge in [0, 0.05) is 19.1 Å². The molecule has 1 saturated heterocycles. The molecule has 1 heterocycles. The summed E-state index contributed by atoms with van der Waals surface area (Å²) in [5, 5.41) is 3.17. The van der Waals surface area contributed by atoms with Crippen LogP contribution < -0.4 is 5.32 Å². The van der Waals surface area contributed by atoms with Gasteiger partial charge in [0.05, 0.1) is 5.25 Å². The summed E-state index contributed by atoms with van der Waals surface area (Å²) in [4.78, 5) is 0. The molecular weight excluding hydrogens is 248 g/mol. The minimum absolute atomic E-state index is 0.310. The lowest BCUT2D eigenvalue weighted by molar-refractivity contribution is 0.223. The third-order valence-electron chi connectivity index (χ3n) is 3.80. The van der Waals surface area contributed by atoms with Gasteiger partial charge >= 0.3 is 0 Å². The van der Waals surface area contributed by atoms with Gasteiger partial charge in [0.1, 0.15) is 0 Å². The van der Waals surface area contributed by atoms with Crippen molar-refractivity contribution < 1.29 is 8.42 Å². The van der Waals surface area contributed by atoms with Crippen LogP contribution in [0.1, 0.15) is 47.0 Å². The maximum Gasteiger partial charge on any atom is 0.216 e. The molecule has 0 aliphatic carbocycles. The van der Waals surface area contributed by atoms with Crippen molar-refractivity contribution in [3.05, 3.63) is 0 Å². The predicted molar refractivity (Wildman–Crippen MR) is 76.1 cm³/mol. The minimum Gasteiger partial charge on any atom is -0.314 e. The Balaban J connectivity index is 2.61. The molecule has 0 saturated carbocycles. The maximum absolute atomic E-state index is 12.2. The number of rotatable bonds is 6. The van der Waals surface area contributed by atoms with Crippen molar-refractivity contribution in [3.63, 3.8) is 0 Å². The quantitative estimate of drug-likeness (QED) is 0.805. The molecule has 0 radical (unpaired) electrons. The fraction of sp³-hybridized carbons (Fsp3) is 1.00. The molecule has 2 atom stereocenters. The Kier molecular flexibility index (Phi) is 6.08. The first-order valence-electron chi connectivity index (χ1n) is 7.12. The monoisotopic (exact) mass is 276 g/mol. The second kappa shape index (κ2) is 6.87. The van der Waals surface area contributed by atoms with Crippen molar-refractivity contribution in [2.75, 3.05) is 19.6 Å². The van der Waals surface area contributed by atoms with E-state index in [1.807, 2.05) is 0 Å². The number of hydrogen-bond acceptors (Lipinski definition) is 3. The van der Waals surface area contributed by atoms with E-state index in [2.05, 4.69) is 19.2 Å². The second-order valence-corrected chi connectivity index (χ2v) is 8.09. The van der Waals surface area contributed by atoms with Crippen molar-refractivity contribution in [1.29, 1.82) is 0 Å². The minimum atomic E-state index is -3.08. The van der Waals surface area contributed by atoms with Crippen molar-refractivity contribution in [2.45, 2.75) is 58.2 Å². The van der Waals surface area contributed by atoms with Crippen molar-refractivity contribution in [2.24, 2.45) is 5.92 Å². The molecule has 1 fully saturated rings. The Morgan fingerprint density at radius 2 is 2.00 bits per heavy atom. The van der Waals surface area contributed by atoms with Gasteiger partial charge in [-0.1, -0.05) is 6.92 Å². The molecule has 108 valence electrons. The zero-order chi connectivity index (χ0) is 13.8. The largest absolute Gasteiger partial charge is 0.314 e. The average molecular weight is 276 g/mol. The fourth-order valence-electron chi connectivity index (χ4n) is 2.45. The summed E-state index contributed by atoms with van der Waals surface area (Å²) >= 11 is 0. The van der Waals surface area contributed by atoms with E-state index in [1.165, 1.54) is 0 Å². The van der Waals surface area contributed by atoms with Gasteiger partial charge in [-0.05, 0) is 52.5 Å². The molecule has 0 aromatic heterocycles. The van der Waals surface area contributed by atoms with E-state index in [-0.39, 0.29) is 5.25 Å². The highest BCUT2D eigenvalue weighted by Gasteiger charge is 2.32. The van der Waals surface area contributed by atoms with Gasteiger partial charge < -0.3 is 5.32 Å². The molecule has 0 aromatic rings. The molecule has 1 N–H and O–H groups in total. The predicted octanol–water partition coefficient (Wildman–Crippen LogP) is 1.82. The smallest absolute Gasteiger partial charge is 0.216 e. The number of nitrogens with one attached hydrogen (secondary N) is 1. The van der Waals surface area contributed by atoms with Crippen LogP contribution in [0, 0.1) is 5.92 Å². The highest BCUT2D eigenvalue weighted by molar-refractivity contribution is 7.89. The zero-order valence-corrected chi connectivity index (χ0v) is 13.0. The van der Waals surface area contributed by atoms with Crippen LogP contribution in [0.5, 0.6) is 0 Å². The van der Waals surface area contributed by atoms with Gasteiger partial charge in [0.25, 0.3) is 0 Å². The standard InChI is InChI=1S/C13H28N2O2S/c1-5-8-14-12(4)13-7-6-9-15(10-13)18(16,17)11(2)3/h11-14H,5-10H2,1-4H3. The molecule has 0 bridgehead atoms. The third-order valence-corrected chi connectivity index (χ3v) is 6.04. The zero-order valence-electron chi connectivity index (χ0n) is 12.1. The van der Waals surface area contributed by atoms with E-state index >= 15 is 0 Å². The van der Waals surface area contributed by atoms with Gasteiger partial charge in [-0.3, -0.25) is 0 Å². The Morgan fingerprint density at radius 1 is 1.33 bits per heavy atom. The van der Waals surface area contributed by atoms with Crippen molar-refractivity contribution in [3.8, 4) is 0 Å². The van der Waals surface area contributed by atoms with Gasteiger partial charge in [0.2, 0.25) is 10.0 Å². The Labute approximate surface area is 112 Å². The highest BCUT2D eigenvalue weighted by atomic mass is 32.2. The van der Waals surface area contributed by atoms with Crippen LogP contribution in [-0.4, -0.2) is 43.6 Å². The van der Waals surface area contributed by atoms with E-state index in [1.54, 1.807) is 18.2 Å². The summed E-state index contributed by atoms with van der Waals surface area (Å²) in [7, 11) is -3.08. The molecule has 1 aliphatic rings. The lowest BCUT2D eigenvalue weighted by atomic mass is 9.93. The van der Waals surface area contributed by atoms with Crippen molar-refractivity contribution in [1.82, 2.24) is 9.62 Å². The number of nitrogens with zero attached hydrogens (tertiary/aromatic N) is 1. The molecule has 0 spiro atoms. The van der Waals surface area contributed by atoms with Crippen LogP contribution >= 0.6 is 0 Å². The first-order chi connectivity index (χ1) is 8.39. The van der Waals surface area contributed by atoms with Crippen LogP contribution in [0.3, 0.4) is 0 Å². The Hall–Kier alpha value is -0.130. The third kappa shape index (κ3) is 3.93. The lowest BCUT2D eigenvalue weighted by Crippen LogP contribution is -2.48.